The van der Waals surface area contributed by atoms with Crippen molar-refractivity contribution in [1.82, 2.24) is 9.88 Å². The molecule has 2 atom stereocenters. The summed E-state index contributed by atoms with van der Waals surface area (Å²) in [4.78, 5) is 7.05. The van der Waals surface area contributed by atoms with Crippen LogP contribution < -0.4 is 0 Å². The van der Waals surface area contributed by atoms with Gasteiger partial charge in [0, 0.05) is 25.0 Å². The summed E-state index contributed by atoms with van der Waals surface area (Å²) in [5.41, 5.74) is 1.21. The van der Waals surface area contributed by atoms with E-state index in [0.29, 0.717) is 12.2 Å². The first-order valence-electron chi connectivity index (χ1n) is 5.98. The molecule has 2 rings (SSSR count). The Hall–Kier alpha value is -0.450. The van der Waals surface area contributed by atoms with Crippen molar-refractivity contribution in [3.8, 4) is 0 Å². The Morgan fingerprint density at radius 3 is 2.69 bits per heavy atom. The van der Waals surface area contributed by atoms with Crippen molar-refractivity contribution in [3.05, 3.63) is 16.1 Å². The Morgan fingerprint density at radius 2 is 2.12 bits per heavy atom. The van der Waals surface area contributed by atoms with Crippen molar-refractivity contribution in [3.63, 3.8) is 0 Å². The summed E-state index contributed by atoms with van der Waals surface area (Å²) in [6, 6.07) is 0. The van der Waals surface area contributed by atoms with Crippen molar-refractivity contribution in [1.29, 1.82) is 0 Å². The Kier molecular flexibility index (Phi) is 3.95. The molecule has 0 saturated carbocycles. The Labute approximate surface area is 101 Å². The molecular weight excluding hydrogens is 220 g/mol. The van der Waals surface area contributed by atoms with Crippen molar-refractivity contribution in [2.75, 3.05) is 13.1 Å². The van der Waals surface area contributed by atoms with Crippen molar-refractivity contribution >= 4 is 11.3 Å². The van der Waals surface area contributed by atoms with Gasteiger partial charge in [-0.2, -0.15) is 0 Å². The average molecular weight is 240 g/mol. The Bertz CT molecular complexity index is 330. The van der Waals surface area contributed by atoms with E-state index in [4.69, 9.17) is 4.74 Å². The monoisotopic (exact) mass is 240 g/mol. The van der Waals surface area contributed by atoms with Crippen LogP contribution in [-0.2, 0) is 17.7 Å². The number of nitrogens with zero attached hydrogens (tertiary/aromatic N) is 2. The van der Waals surface area contributed by atoms with E-state index in [1.807, 2.05) is 0 Å². The van der Waals surface area contributed by atoms with Gasteiger partial charge < -0.3 is 4.74 Å². The molecule has 0 spiro atoms. The highest BCUT2D eigenvalue weighted by Crippen LogP contribution is 2.16. The van der Waals surface area contributed by atoms with E-state index in [-0.39, 0.29) is 0 Å². The summed E-state index contributed by atoms with van der Waals surface area (Å²) < 4.78 is 5.72. The normalized spacial score (nSPS) is 27.2. The topological polar surface area (TPSA) is 25.4 Å². The van der Waals surface area contributed by atoms with Gasteiger partial charge in [-0.15, -0.1) is 11.3 Å². The minimum Gasteiger partial charge on any atom is -0.373 e. The number of hydrogen-bond acceptors (Lipinski definition) is 4. The molecule has 1 aromatic rings. The molecule has 1 saturated heterocycles. The lowest BCUT2D eigenvalue weighted by molar-refractivity contribution is -0.0707. The number of hydrogen-bond donors (Lipinski definition) is 0. The van der Waals surface area contributed by atoms with Crippen LogP contribution in [0.1, 0.15) is 31.5 Å². The Morgan fingerprint density at radius 1 is 1.44 bits per heavy atom. The fraction of sp³-hybridized carbons (Fsp3) is 0.750. The molecule has 0 bridgehead atoms. The summed E-state index contributed by atoms with van der Waals surface area (Å²) in [6.07, 6.45) is 1.72. The maximum atomic E-state index is 5.72. The third-order valence-electron chi connectivity index (χ3n) is 2.78. The smallest absolute Gasteiger partial charge is 0.0926 e. The van der Waals surface area contributed by atoms with Crippen LogP contribution in [0.4, 0.5) is 0 Å². The second-order valence-electron chi connectivity index (χ2n) is 4.54. The lowest BCUT2D eigenvalue weighted by Crippen LogP contribution is -2.44. The van der Waals surface area contributed by atoms with Gasteiger partial charge in [0.2, 0.25) is 0 Å². The van der Waals surface area contributed by atoms with Crippen LogP contribution in [0.5, 0.6) is 0 Å². The van der Waals surface area contributed by atoms with Gasteiger partial charge in [0.25, 0.3) is 0 Å². The van der Waals surface area contributed by atoms with Crippen molar-refractivity contribution in [2.45, 2.75) is 45.9 Å². The molecule has 0 amide bonds. The molecule has 0 N–H and O–H groups in total. The minimum absolute atomic E-state index is 0.341. The van der Waals surface area contributed by atoms with E-state index >= 15 is 0 Å². The Balaban J connectivity index is 1.93. The molecule has 0 radical (unpaired) electrons. The number of morpholine rings is 1. The SMILES string of the molecule is CCc1nc(CN2C[C@H](C)O[C@@H](C)C2)cs1. The zero-order chi connectivity index (χ0) is 11.5. The molecule has 90 valence electrons. The molecule has 0 aromatic carbocycles. The van der Waals surface area contributed by atoms with Crippen LogP contribution in [0, 0.1) is 0 Å². The van der Waals surface area contributed by atoms with Gasteiger partial charge in [-0.05, 0) is 20.3 Å². The predicted molar refractivity (Wildman–Crippen MR) is 66.8 cm³/mol. The van der Waals surface area contributed by atoms with Crippen LogP contribution in [0.25, 0.3) is 0 Å². The first kappa shape index (κ1) is 12.0. The van der Waals surface area contributed by atoms with Crippen LogP contribution in [0.3, 0.4) is 0 Å². The third-order valence-corrected chi connectivity index (χ3v) is 3.82. The number of thiazole rings is 1. The van der Waals surface area contributed by atoms with E-state index in [1.54, 1.807) is 11.3 Å². The van der Waals surface area contributed by atoms with Crippen LogP contribution in [0.15, 0.2) is 5.38 Å². The molecule has 1 aromatic heterocycles. The van der Waals surface area contributed by atoms with E-state index in [9.17, 15) is 0 Å². The van der Waals surface area contributed by atoms with Gasteiger partial charge in [-0.1, -0.05) is 6.92 Å². The molecule has 1 fully saturated rings. The highest BCUT2D eigenvalue weighted by molar-refractivity contribution is 7.09. The summed E-state index contributed by atoms with van der Waals surface area (Å²) in [7, 11) is 0. The second kappa shape index (κ2) is 5.25. The zero-order valence-corrected chi connectivity index (χ0v) is 11.1. The van der Waals surface area contributed by atoms with E-state index < -0.39 is 0 Å². The highest BCUT2D eigenvalue weighted by Gasteiger charge is 2.22. The van der Waals surface area contributed by atoms with Gasteiger partial charge in [-0.25, -0.2) is 4.98 Å². The van der Waals surface area contributed by atoms with Gasteiger partial charge >= 0.3 is 0 Å². The molecule has 4 heteroatoms. The first-order valence-corrected chi connectivity index (χ1v) is 6.86. The van der Waals surface area contributed by atoms with Crippen LogP contribution in [-0.4, -0.2) is 35.2 Å². The third kappa shape index (κ3) is 3.03. The number of rotatable bonds is 3. The standard InChI is InChI=1S/C12H20N2OS/c1-4-12-13-11(8-16-12)7-14-5-9(2)15-10(3)6-14/h8-10H,4-7H2,1-3H3/t9-,10-/m0/s1. The molecular formula is C12H20N2OS. The minimum atomic E-state index is 0.341. The average Bonchev–Trinajstić information content (AvgIpc) is 2.64. The fourth-order valence-electron chi connectivity index (χ4n) is 2.23. The van der Waals surface area contributed by atoms with Gasteiger partial charge in [0.1, 0.15) is 0 Å². The van der Waals surface area contributed by atoms with Gasteiger partial charge in [0.05, 0.1) is 22.9 Å². The summed E-state index contributed by atoms with van der Waals surface area (Å²) in [5, 5.41) is 3.42. The largest absolute Gasteiger partial charge is 0.373 e. The number of ether oxygens (including phenoxy) is 1. The fourth-order valence-corrected chi connectivity index (χ4v) is 2.96. The van der Waals surface area contributed by atoms with Crippen LogP contribution >= 0.6 is 11.3 Å². The molecule has 0 aliphatic carbocycles. The molecule has 16 heavy (non-hydrogen) atoms. The highest BCUT2D eigenvalue weighted by atomic mass is 32.1. The molecule has 1 aliphatic rings. The maximum absolute atomic E-state index is 5.72. The molecule has 3 nitrogen and oxygen atoms in total. The van der Waals surface area contributed by atoms with Gasteiger partial charge in [0.15, 0.2) is 0 Å². The molecule has 0 unspecified atom stereocenters. The summed E-state index contributed by atoms with van der Waals surface area (Å²) in [6.45, 7) is 9.44. The second-order valence-corrected chi connectivity index (χ2v) is 5.48. The quantitative estimate of drug-likeness (QED) is 0.810. The predicted octanol–water partition coefficient (Wildman–Crippen LogP) is 2.31. The maximum Gasteiger partial charge on any atom is 0.0926 e. The summed E-state index contributed by atoms with van der Waals surface area (Å²) in [5.74, 6) is 0. The zero-order valence-electron chi connectivity index (χ0n) is 10.3. The van der Waals surface area contributed by atoms with Crippen molar-refractivity contribution < 1.29 is 4.74 Å². The summed E-state index contributed by atoms with van der Waals surface area (Å²) >= 11 is 1.77. The van der Waals surface area contributed by atoms with Gasteiger partial charge in [-0.3, -0.25) is 4.90 Å². The lowest BCUT2D eigenvalue weighted by Gasteiger charge is -2.34. The van der Waals surface area contributed by atoms with E-state index in [0.717, 1.165) is 26.1 Å². The van der Waals surface area contributed by atoms with Crippen LogP contribution in [0.2, 0.25) is 0 Å². The number of aryl methyl sites for hydroxylation is 1. The molecule has 2 heterocycles. The number of aromatic nitrogens is 1. The van der Waals surface area contributed by atoms with E-state index in [2.05, 4.69) is 36.0 Å². The lowest BCUT2D eigenvalue weighted by atomic mass is 10.2. The van der Waals surface area contributed by atoms with Crippen molar-refractivity contribution in [2.24, 2.45) is 0 Å². The first-order chi connectivity index (χ1) is 7.67. The van der Waals surface area contributed by atoms with E-state index in [1.165, 1.54) is 10.7 Å². The molecule has 1 aliphatic heterocycles.